The summed E-state index contributed by atoms with van der Waals surface area (Å²) in [5.41, 5.74) is 3.13. The number of nitrogens with zero attached hydrogens (tertiary/aromatic N) is 6. The van der Waals surface area contributed by atoms with Crippen LogP contribution in [0.3, 0.4) is 0 Å². The van der Waals surface area contributed by atoms with E-state index < -0.39 is 6.43 Å². The fourth-order valence-corrected chi connectivity index (χ4v) is 4.59. The highest BCUT2D eigenvalue weighted by atomic mass is 32.1. The van der Waals surface area contributed by atoms with E-state index in [1.54, 1.807) is 29.9 Å². The van der Waals surface area contributed by atoms with E-state index in [1.807, 2.05) is 36.7 Å². The molecule has 1 N–H and O–H groups in total. The summed E-state index contributed by atoms with van der Waals surface area (Å²) in [7, 11) is 0. The van der Waals surface area contributed by atoms with Gasteiger partial charge in [-0.25, -0.2) is 23.4 Å². The monoisotopic (exact) mass is 493 g/mol. The summed E-state index contributed by atoms with van der Waals surface area (Å²) >= 11 is 1.29. The number of pyridine rings is 1. The third-order valence-electron chi connectivity index (χ3n) is 5.51. The van der Waals surface area contributed by atoms with Gasteiger partial charge in [0.2, 0.25) is 5.91 Å². The summed E-state index contributed by atoms with van der Waals surface area (Å²) in [5.74, 6) is -0.384. The topological polar surface area (TPSA) is 90.5 Å². The van der Waals surface area contributed by atoms with Gasteiger partial charge in [-0.05, 0) is 19.9 Å². The number of aryl methyl sites for hydroxylation is 2. The van der Waals surface area contributed by atoms with Crippen molar-refractivity contribution in [2.24, 2.45) is 0 Å². The third-order valence-corrected chi connectivity index (χ3v) is 6.27. The van der Waals surface area contributed by atoms with Gasteiger partial charge >= 0.3 is 0 Å². The molecule has 1 aromatic carbocycles. The highest BCUT2D eigenvalue weighted by Crippen LogP contribution is 2.33. The van der Waals surface area contributed by atoms with Crippen LogP contribution in [-0.4, -0.2) is 35.4 Å². The summed E-state index contributed by atoms with van der Waals surface area (Å²) in [6, 6.07) is 10.5. The summed E-state index contributed by atoms with van der Waals surface area (Å²) in [6.07, 6.45) is 0.897. The Morgan fingerprint density at radius 2 is 1.94 bits per heavy atom. The van der Waals surface area contributed by atoms with Crippen molar-refractivity contribution in [3.63, 3.8) is 0 Å². The molecule has 0 aliphatic heterocycles. The molecule has 0 fully saturated rings. The van der Waals surface area contributed by atoms with E-state index in [4.69, 9.17) is 0 Å². The van der Waals surface area contributed by atoms with Gasteiger partial charge in [0, 0.05) is 34.8 Å². The fourth-order valence-electron chi connectivity index (χ4n) is 3.85. The molecule has 0 saturated carbocycles. The van der Waals surface area contributed by atoms with Crippen molar-refractivity contribution in [2.75, 3.05) is 5.32 Å². The van der Waals surface area contributed by atoms with Crippen LogP contribution in [0.4, 0.5) is 13.9 Å². The van der Waals surface area contributed by atoms with Gasteiger partial charge < -0.3 is 5.32 Å². The maximum atomic E-state index is 13.9. The zero-order valence-electron chi connectivity index (χ0n) is 18.9. The molecule has 5 rings (SSSR count). The Morgan fingerprint density at radius 3 is 2.66 bits per heavy atom. The molecule has 0 radical (unpaired) electrons. The van der Waals surface area contributed by atoms with Crippen molar-refractivity contribution >= 4 is 33.4 Å². The lowest BCUT2D eigenvalue weighted by molar-refractivity contribution is -0.116. The Bertz CT molecular complexity index is 1510. The van der Waals surface area contributed by atoms with E-state index >= 15 is 0 Å². The van der Waals surface area contributed by atoms with Crippen molar-refractivity contribution in [3.8, 4) is 22.5 Å². The van der Waals surface area contributed by atoms with Gasteiger partial charge in [0.25, 0.3) is 6.43 Å². The van der Waals surface area contributed by atoms with Crippen LogP contribution < -0.4 is 5.32 Å². The Hall–Kier alpha value is -3.99. The number of aromatic nitrogens is 6. The van der Waals surface area contributed by atoms with Crippen LogP contribution in [0.1, 0.15) is 24.6 Å². The van der Waals surface area contributed by atoms with Crippen LogP contribution in [-0.2, 0) is 17.9 Å². The Labute approximate surface area is 203 Å². The number of rotatable bonds is 7. The van der Waals surface area contributed by atoms with Gasteiger partial charge in [-0.15, -0.1) is 11.3 Å². The molecule has 4 aromatic heterocycles. The van der Waals surface area contributed by atoms with Crippen LogP contribution in [0.2, 0.25) is 0 Å². The van der Waals surface area contributed by atoms with Crippen LogP contribution >= 0.6 is 11.3 Å². The van der Waals surface area contributed by atoms with E-state index in [2.05, 4.69) is 25.5 Å². The Morgan fingerprint density at radius 1 is 1.14 bits per heavy atom. The number of carbonyl (C=O) groups is 1. The van der Waals surface area contributed by atoms with E-state index in [1.165, 1.54) is 22.1 Å². The van der Waals surface area contributed by atoms with E-state index in [0.29, 0.717) is 27.8 Å². The minimum absolute atomic E-state index is 0.157. The molecule has 178 valence electrons. The molecule has 35 heavy (non-hydrogen) atoms. The minimum atomic E-state index is -2.71. The van der Waals surface area contributed by atoms with Crippen molar-refractivity contribution < 1.29 is 13.6 Å². The Kier molecular flexibility index (Phi) is 6.08. The molecule has 0 aliphatic carbocycles. The first-order valence-electron chi connectivity index (χ1n) is 10.9. The molecule has 4 heterocycles. The number of alkyl halides is 2. The highest BCUT2D eigenvalue weighted by molar-refractivity contribution is 7.14. The number of nitrogens with one attached hydrogen (secondary N) is 1. The molecule has 1 amide bonds. The molecule has 0 unspecified atom stereocenters. The summed E-state index contributed by atoms with van der Waals surface area (Å²) in [5, 5.41) is 13.9. The van der Waals surface area contributed by atoms with Gasteiger partial charge in [-0.3, -0.25) is 9.48 Å². The second-order valence-corrected chi connectivity index (χ2v) is 8.73. The van der Waals surface area contributed by atoms with Crippen molar-refractivity contribution in [1.82, 2.24) is 29.5 Å². The number of halogens is 2. The van der Waals surface area contributed by atoms with E-state index in [0.717, 1.165) is 12.1 Å². The zero-order chi connectivity index (χ0) is 24.5. The highest BCUT2D eigenvalue weighted by Gasteiger charge is 2.22. The average Bonchev–Trinajstić information content (AvgIpc) is 3.58. The van der Waals surface area contributed by atoms with Crippen LogP contribution in [0, 0.1) is 6.92 Å². The van der Waals surface area contributed by atoms with E-state index in [-0.39, 0.29) is 29.0 Å². The SMILES string of the molecule is CCn1cc(-c2csc(NC(=O)Cn3nc(C)c4c(C(F)F)cc(-c5ccccc5)nc43)n2)cn1. The molecule has 8 nitrogen and oxygen atoms in total. The molecule has 11 heteroatoms. The number of hydrogen-bond acceptors (Lipinski definition) is 6. The fraction of sp³-hybridized carbons (Fsp3) is 0.208. The quantitative estimate of drug-likeness (QED) is 0.331. The molecular weight excluding hydrogens is 472 g/mol. The van der Waals surface area contributed by atoms with Crippen LogP contribution in [0.15, 0.2) is 54.2 Å². The standard InChI is InChI=1S/C24H21F2N7OS/c1-3-32-11-16(10-27-32)19-13-35-24(29-19)30-20(34)12-33-23-21(14(2)31-33)17(22(25)26)9-18(28-23)15-7-5-4-6-8-15/h4-11,13,22H,3,12H2,1-2H3,(H,29,30,34). The van der Waals surface area contributed by atoms with E-state index in [9.17, 15) is 13.6 Å². The molecule has 0 atom stereocenters. The number of amides is 1. The predicted molar refractivity (Wildman–Crippen MR) is 130 cm³/mol. The summed E-state index contributed by atoms with van der Waals surface area (Å²) in [6.45, 7) is 4.18. The van der Waals surface area contributed by atoms with Crippen LogP contribution in [0.5, 0.6) is 0 Å². The number of hydrogen-bond donors (Lipinski definition) is 1. The lowest BCUT2D eigenvalue weighted by atomic mass is 10.1. The lowest BCUT2D eigenvalue weighted by Gasteiger charge is -2.09. The lowest BCUT2D eigenvalue weighted by Crippen LogP contribution is -2.19. The minimum Gasteiger partial charge on any atom is -0.300 e. The van der Waals surface area contributed by atoms with Crippen molar-refractivity contribution in [1.29, 1.82) is 0 Å². The van der Waals surface area contributed by atoms with Crippen LogP contribution in [0.25, 0.3) is 33.5 Å². The van der Waals surface area contributed by atoms with Crippen molar-refractivity contribution in [2.45, 2.75) is 33.4 Å². The zero-order valence-corrected chi connectivity index (χ0v) is 19.8. The number of fused-ring (bicyclic) bond motifs is 1. The Balaban J connectivity index is 1.43. The second-order valence-electron chi connectivity index (χ2n) is 7.88. The number of carbonyl (C=O) groups excluding carboxylic acids is 1. The number of anilines is 1. The first-order chi connectivity index (χ1) is 16.9. The normalized spacial score (nSPS) is 11.5. The van der Waals surface area contributed by atoms with Gasteiger partial charge in [0.15, 0.2) is 10.8 Å². The first-order valence-corrected chi connectivity index (χ1v) is 11.8. The smallest absolute Gasteiger partial charge is 0.264 e. The maximum Gasteiger partial charge on any atom is 0.264 e. The van der Waals surface area contributed by atoms with Crippen molar-refractivity contribution in [3.05, 3.63) is 65.4 Å². The summed E-state index contributed by atoms with van der Waals surface area (Å²) in [4.78, 5) is 21.9. The third kappa shape index (κ3) is 4.54. The number of thiazole rings is 1. The van der Waals surface area contributed by atoms with Gasteiger partial charge in [0.1, 0.15) is 6.54 Å². The molecule has 0 spiro atoms. The molecule has 0 aliphatic rings. The first kappa shape index (κ1) is 22.8. The molecule has 5 aromatic rings. The van der Waals surface area contributed by atoms with Gasteiger partial charge in [-0.1, -0.05) is 30.3 Å². The number of benzene rings is 1. The summed E-state index contributed by atoms with van der Waals surface area (Å²) < 4.78 is 31.0. The molecule has 0 bridgehead atoms. The molecular formula is C24H21F2N7OS. The average molecular weight is 494 g/mol. The predicted octanol–water partition coefficient (Wildman–Crippen LogP) is 5.32. The second kappa shape index (κ2) is 9.34. The van der Waals surface area contributed by atoms with Gasteiger partial charge in [0.05, 0.1) is 28.7 Å². The largest absolute Gasteiger partial charge is 0.300 e. The maximum absolute atomic E-state index is 13.9. The molecule has 0 saturated heterocycles. The van der Waals surface area contributed by atoms with Gasteiger partial charge in [-0.2, -0.15) is 10.2 Å².